The van der Waals surface area contributed by atoms with E-state index in [2.05, 4.69) is 31.2 Å². The van der Waals surface area contributed by atoms with Crippen molar-refractivity contribution < 1.29 is 13.2 Å². The lowest BCUT2D eigenvalue weighted by Crippen LogP contribution is -2.07. The monoisotopic (exact) mass is 346 g/mol. The summed E-state index contributed by atoms with van der Waals surface area (Å²) in [6.45, 7) is 1.68. The van der Waals surface area contributed by atoms with Gasteiger partial charge in [0.2, 0.25) is 5.95 Å². The highest BCUT2D eigenvalue weighted by Crippen LogP contribution is 2.32. The molecule has 0 amide bonds. The second-order valence-electron chi connectivity index (χ2n) is 4.09. The first-order valence-corrected chi connectivity index (χ1v) is 6.30. The molecule has 2 aromatic rings. The Morgan fingerprint density at radius 3 is 2.50 bits per heavy atom. The first-order valence-electron chi connectivity index (χ1n) is 5.50. The lowest BCUT2D eigenvalue weighted by Gasteiger charge is -2.12. The predicted octanol–water partition coefficient (Wildman–Crippen LogP) is 3.89. The average Bonchev–Trinajstić information content (AvgIpc) is 2.29. The normalized spacial score (nSPS) is 11.4. The number of hydrogen-bond donors (Lipinski definition) is 2. The van der Waals surface area contributed by atoms with E-state index in [0.717, 1.165) is 12.1 Å². The van der Waals surface area contributed by atoms with Gasteiger partial charge in [-0.3, -0.25) is 0 Å². The summed E-state index contributed by atoms with van der Waals surface area (Å²) in [4.78, 5) is 7.90. The van der Waals surface area contributed by atoms with Crippen LogP contribution in [-0.4, -0.2) is 9.97 Å². The minimum Gasteiger partial charge on any atom is -0.383 e. The van der Waals surface area contributed by atoms with Crippen molar-refractivity contribution in [2.24, 2.45) is 0 Å². The van der Waals surface area contributed by atoms with E-state index in [9.17, 15) is 13.2 Å². The average molecular weight is 347 g/mol. The number of benzene rings is 1. The Labute approximate surface area is 121 Å². The lowest BCUT2D eigenvalue weighted by atomic mass is 10.1. The maximum atomic E-state index is 12.7. The number of nitrogens with zero attached hydrogens (tertiary/aromatic N) is 2. The number of rotatable bonds is 2. The van der Waals surface area contributed by atoms with Crippen LogP contribution in [0.15, 0.2) is 28.9 Å². The molecular formula is C12H10BrF3N4. The van der Waals surface area contributed by atoms with Gasteiger partial charge < -0.3 is 11.1 Å². The summed E-state index contributed by atoms with van der Waals surface area (Å²) in [5, 5.41) is 2.73. The highest BCUT2D eigenvalue weighted by Gasteiger charge is 2.30. The number of alkyl halides is 3. The highest BCUT2D eigenvalue weighted by atomic mass is 79.9. The molecule has 0 aliphatic rings. The zero-order valence-electron chi connectivity index (χ0n) is 10.3. The van der Waals surface area contributed by atoms with E-state index in [1.165, 1.54) is 12.1 Å². The van der Waals surface area contributed by atoms with Gasteiger partial charge in [-0.25, -0.2) is 4.98 Å². The van der Waals surface area contributed by atoms with Gasteiger partial charge in [-0.15, -0.1) is 0 Å². The Hall–Kier alpha value is -1.83. The Balaban J connectivity index is 2.37. The van der Waals surface area contributed by atoms with Crippen LogP contribution in [0.5, 0.6) is 0 Å². The lowest BCUT2D eigenvalue weighted by molar-refractivity contribution is -0.137. The summed E-state index contributed by atoms with van der Waals surface area (Å²) in [7, 11) is 0. The van der Waals surface area contributed by atoms with Gasteiger partial charge in [-0.2, -0.15) is 18.2 Å². The van der Waals surface area contributed by atoms with E-state index in [1.54, 1.807) is 6.92 Å². The molecule has 0 spiro atoms. The summed E-state index contributed by atoms with van der Waals surface area (Å²) in [5.74, 6) is 0.332. The fourth-order valence-electron chi connectivity index (χ4n) is 1.54. The molecule has 0 unspecified atom stereocenters. The zero-order chi connectivity index (χ0) is 14.9. The first kappa shape index (κ1) is 14.6. The molecule has 3 N–H and O–H groups in total. The second-order valence-corrected chi connectivity index (χ2v) is 4.90. The second kappa shape index (κ2) is 5.28. The summed E-state index contributed by atoms with van der Waals surface area (Å²) in [5.41, 5.74) is 5.72. The maximum Gasteiger partial charge on any atom is 0.416 e. The topological polar surface area (TPSA) is 63.8 Å². The van der Waals surface area contributed by atoms with Crippen LogP contribution >= 0.6 is 15.9 Å². The van der Waals surface area contributed by atoms with Gasteiger partial charge in [0.1, 0.15) is 10.4 Å². The standard InChI is InChI=1S/C12H10BrF3N4/c1-6-2-3-7(12(14,15)16)4-8(6)18-11-19-9(13)5-10(17)20-11/h2-5H,1H3,(H3,17,18,19,20). The molecule has 106 valence electrons. The molecule has 0 aliphatic heterocycles. The molecule has 0 fully saturated rings. The third kappa shape index (κ3) is 3.38. The molecule has 0 saturated heterocycles. The van der Waals surface area contributed by atoms with E-state index in [0.29, 0.717) is 10.2 Å². The summed E-state index contributed by atoms with van der Waals surface area (Å²) >= 11 is 3.14. The number of nitrogens with two attached hydrogens (primary N) is 1. The molecule has 2 rings (SSSR count). The number of hydrogen-bond acceptors (Lipinski definition) is 4. The molecule has 0 aliphatic carbocycles. The SMILES string of the molecule is Cc1ccc(C(F)(F)F)cc1Nc1nc(N)cc(Br)n1. The van der Waals surface area contributed by atoms with Crippen LogP contribution in [0.25, 0.3) is 0 Å². The molecular weight excluding hydrogens is 337 g/mol. The largest absolute Gasteiger partial charge is 0.416 e. The van der Waals surface area contributed by atoms with Crippen LogP contribution in [-0.2, 0) is 6.18 Å². The van der Waals surface area contributed by atoms with Crippen LogP contribution in [0, 0.1) is 6.92 Å². The highest BCUT2D eigenvalue weighted by molar-refractivity contribution is 9.10. The van der Waals surface area contributed by atoms with Gasteiger partial charge in [-0.05, 0) is 40.5 Å². The van der Waals surface area contributed by atoms with Gasteiger partial charge in [0.05, 0.1) is 5.56 Å². The van der Waals surface area contributed by atoms with E-state index >= 15 is 0 Å². The Bertz CT molecular complexity index is 623. The molecule has 8 heteroatoms. The number of anilines is 3. The summed E-state index contributed by atoms with van der Waals surface area (Å²) in [6, 6.07) is 4.91. The molecule has 0 radical (unpaired) electrons. The van der Waals surface area contributed by atoms with Gasteiger partial charge in [0.15, 0.2) is 0 Å². The van der Waals surface area contributed by atoms with Crippen molar-refractivity contribution in [2.45, 2.75) is 13.1 Å². The van der Waals surface area contributed by atoms with Crippen molar-refractivity contribution >= 4 is 33.4 Å². The van der Waals surface area contributed by atoms with Crippen LogP contribution < -0.4 is 11.1 Å². The van der Waals surface area contributed by atoms with Crippen LogP contribution in [0.2, 0.25) is 0 Å². The number of aryl methyl sites for hydroxylation is 1. The van der Waals surface area contributed by atoms with E-state index in [4.69, 9.17) is 5.73 Å². The third-order valence-corrected chi connectivity index (χ3v) is 2.93. The van der Waals surface area contributed by atoms with Gasteiger partial charge in [-0.1, -0.05) is 6.07 Å². The first-order chi connectivity index (χ1) is 9.25. The number of nitrogens with one attached hydrogen (secondary N) is 1. The van der Waals surface area contributed by atoms with Crippen molar-refractivity contribution in [2.75, 3.05) is 11.1 Å². The van der Waals surface area contributed by atoms with Crippen molar-refractivity contribution in [3.05, 3.63) is 40.0 Å². The molecule has 1 aromatic carbocycles. The van der Waals surface area contributed by atoms with Crippen molar-refractivity contribution in [1.29, 1.82) is 0 Å². The number of nitrogen functional groups attached to an aromatic ring is 1. The third-order valence-electron chi connectivity index (χ3n) is 2.53. The van der Waals surface area contributed by atoms with E-state index in [1.807, 2.05) is 0 Å². The minimum absolute atomic E-state index is 0.124. The van der Waals surface area contributed by atoms with Crippen LogP contribution in [0.3, 0.4) is 0 Å². The summed E-state index contributed by atoms with van der Waals surface area (Å²) in [6.07, 6.45) is -4.40. The molecule has 4 nitrogen and oxygen atoms in total. The molecule has 0 saturated carbocycles. The number of aromatic nitrogens is 2. The van der Waals surface area contributed by atoms with Crippen molar-refractivity contribution in [1.82, 2.24) is 9.97 Å². The van der Waals surface area contributed by atoms with Gasteiger partial charge in [0.25, 0.3) is 0 Å². The predicted molar refractivity (Wildman–Crippen MR) is 73.6 cm³/mol. The Kier molecular flexibility index (Phi) is 3.85. The van der Waals surface area contributed by atoms with Crippen LogP contribution in [0.1, 0.15) is 11.1 Å². The minimum atomic E-state index is -4.40. The van der Waals surface area contributed by atoms with Gasteiger partial charge >= 0.3 is 6.18 Å². The molecule has 0 atom stereocenters. The van der Waals surface area contributed by atoms with E-state index in [-0.39, 0.29) is 17.5 Å². The molecule has 0 bridgehead atoms. The number of halogens is 4. The maximum absolute atomic E-state index is 12.7. The van der Waals surface area contributed by atoms with Crippen molar-refractivity contribution in [3.63, 3.8) is 0 Å². The Morgan fingerprint density at radius 1 is 1.20 bits per heavy atom. The fourth-order valence-corrected chi connectivity index (χ4v) is 1.95. The smallest absolute Gasteiger partial charge is 0.383 e. The van der Waals surface area contributed by atoms with E-state index < -0.39 is 11.7 Å². The molecule has 1 aromatic heterocycles. The van der Waals surface area contributed by atoms with Gasteiger partial charge in [0, 0.05) is 11.8 Å². The van der Waals surface area contributed by atoms with Crippen molar-refractivity contribution in [3.8, 4) is 0 Å². The Morgan fingerprint density at radius 2 is 1.90 bits per heavy atom. The zero-order valence-corrected chi connectivity index (χ0v) is 11.9. The molecule has 1 heterocycles. The fraction of sp³-hybridized carbons (Fsp3) is 0.167. The van der Waals surface area contributed by atoms with Crippen LogP contribution in [0.4, 0.5) is 30.6 Å². The molecule has 20 heavy (non-hydrogen) atoms. The summed E-state index contributed by atoms with van der Waals surface area (Å²) < 4.78 is 38.5. The quantitative estimate of drug-likeness (QED) is 0.809.